The first-order valence-electron chi connectivity index (χ1n) is 12.7. The number of hydrogen-bond acceptors (Lipinski definition) is 3. The van der Waals surface area contributed by atoms with Crippen molar-refractivity contribution in [1.82, 2.24) is 0 Å². The van der Waals surface area contributed by atoms with Gasteiger partial charge in [-0.05, 0) is 43.0 Å². The van der Waals surface area contributed by atoms with E-state index < -0.39 is 41.9 Å². The van der Waals surface area contributed by atoms with Gasteiger partial charge >= 0.3 is 12.1 Å². The van der Waals surface area contributed by atoms with Crippen LogP contribution in [0.3, 0.4) is 0 Å². The summed E-state index contributed by atoms with van der Waals surface area (Å²) in [7, 11) is 0. The summed E-state index contributed by atoms with van der Waals surface area (Å²) in [6.07, 6.45) is 0.0516. The van der Waals surface area contributed by atoms with Gasteiger partial charge in [-0.1, -0.05) is 77.0 Å². The molecule has 2 aromatic rings. The first kappa shape index (κ1) is 29.6. The van der Waals surface area contributed by atoms with E-state index in [4.69, 9.17) is 4.74 Å². The number of carbonyl (C=O) groups is 1. The highest BCUT2D eigenvalue weighted by atomic mass is 19.4. The van der Waals surface area contributed by atoms with Crippen molar-refractivity contribution < 1.29 is 36.2 Å². The summed E-state index contributed by atoms with van der Waals surface area (Å²) < 4.78 is 79.7. The number of rotatable bonds is 15. The fraction of sp³-hybridized carbons (Fsp3) is 0.536. The molecule has 0 N–H and O–H groups in total. The zero-order chi connectivity index (χ0) is 26.6. The molecular formula is C28H35F5O3. The molecule has 0 saturated heterocycles. The van der Waals surface area contributed by atoms with E-state index in [0.29, 0.717) is 24.3 Å². The molecule has 0 amide bonds. The second-order valence-corrected chi connectivity index (χ2v) is 8.86. The van der Waals surface area contributed by atoms with Gasteiger partial charge in [-0.15, -0.1) is 0 Å². The number of benzene rings is 2. The predicted molar refractivity (Wildman–Crippen MR) is 130 cm³/mol. The zero-order valence-corrected chi connectivity index (χ0v) is 20.9. The Labute approximate surface area is 210 Å². The van der Waals surface area contributed by atoms with Crippen molar-refractivity contribution >= 4 is 5.97 Å². The Morgan fingerprint density at radius 2 is 1.42 bits per heavy atom. The molecule has 2 rings (SSSR count). The first-order valence-corrected chi connectivity index (χ1v) is 12.7. The van der Waals surface area contributed by atoms with Crippen LogP contribution in [0.1, 0.15) is 88.4 Å². The molecular weight excluding hydrogens is 479 g/mol. The molecule has 36 heavy (non-hydrogen) atoms. The van der Waals surface area contributed by atoms with Gasteiger partial charge in [-0.3, -0.25) is 0 Å². The second kappa shape index (κ2) is 14.8. The molecule has 1 atom stereocenters. The fourth-order valence-electron chi connectivity index (χ4n) is 3.80. The minimum absolute atomic E-state index is 0.123. The van der Waals surface area contributed by atoms with Gasteiger partial charge in [0.15, 0.2) is 17.7 Å². The smallest absolute Gasteiger partial charge is 0.425 e. The van der Waals surface area contributed by atoms with Gasteiger partial charge in [0.1, 0.15) is 5.75 Å². The van der Waals surface area contributed by atoms with E-state index in [1.807, 2.05) is 6.92 Å². The molecule has 0 saturated carbocycles. The molecule has 1 unspecified atom stereocenters. The maximum Gasteiger partial charge on any atom is 0.425 e. The topological polar surface area (TPSA) is 35.5 Å². The van der Waals surface area contributed by atoms with Crippen molar-refractivity contribution in [2.45, 2.75) is 90.3 Å². The molecule has 0 fully saturated rings. The number of ether oxygens (including phenoxy) is 2. The third-order valence-electron chi connectivity index (χ3n) is 5.92. The van der Waals surface area contributed by atoms with Gasteiger partial charge < -0.3 is 9.47 Å². The Morgan fingerprint density at radius 3 is 2.03 bits per heavy atom. The summed E-state index contributed by atoms with van der Waals surface area (Å²) in [5.74, 6) is -3.83. The van der Waals surface area contributed by atoms with Gasteiger partial charge in [0, 0.05) is 5.56 Å². The Hall–Kier alpha value is -2.64. The van der Waals surface area contributed by atoms with Crippen LogP contribution in [0.2, 0.25) is 0 Å². The largest absolute Gasteiger partial charge is 0.494 e. The summed E-state index contributed by atoms with van der Waals surface area (Å²) in [5.41, 5.74) is -0.657. The molecule has 0 aromatic heterocycles. The van der Waals surface area contributed by atoms with Crippen LogP contribution >= 0.6 is 0 Å². The lowest BCUT2D eigenvalue weighted by molar-refractivity contribution is -0.206. The van der Waals surface area contributed by atoms with E-state index in [1.54, 1.807) is 24.3 Å². The van der Waals surface area contributed by atoms with Gasteiger partial charge in [-0.2, -0.15) is 13.2 Å². The van der Waals surface area contributed by atoms with E-state index in [1.165, 1.54) is 0 Å². The Balaban J connectivity index is 2.06. The zero-order valence-electron chi connectivity index (χ0n) is 20.9. The predicted octanol–water partition coefficient (Wildman–Crippen LogP) is 9.04. The van der Waals surface area contributed by atoms with Crippen molar-refractivity contribution in [2.75, 3.05) is 6.61 Å². The van der Waals surface area contributed by atoms with Crippen LogP contribution in [-0.2, 0) is 4.74 Å². The maximum atomic E-state index is 14.8. The van der Waals surface area contributed by atoms with Crippen LogP contribution in [-0.4, -0.2) is 24.9 Å². The first-order chi connectivity index (χ1) is 17.2. The normalized spacial score (nSPS) is 12.4. The SMILES string of the molecule is CCCCCCCC(OC(=O)c1ccc(-c2ccc(OCCCCCC)cc2)c(F)c1F)C(F)(F)F. The van der Waals surface area contributed by atoms with Crippen molar-refractivity contribution in [3.63, 3.8) is 0 Å². The van der Waals surface area contributed by atoms with Crippen LogP contribution in [0.5, 0.6) is 5.75 Å². The number of esters is 1. The summed E-state index contributed by atoms with van der Waals surface area (Å²) in [4.78, 5) is 12.3. The van der Waals surface area contributed by atoms with Crippen LogP contribution in [0.15, 0.2) is 36.4 Å². The van der Waals surface area contributed by atoms with Crippen molar-refractivity contribution in [2.24, 2.45) is 0 Å². The molecule has 8 heteroatoms. The third-order valence-corrected chi connectivity index (χ3v) is 5.92. The number of carbonyl (C=O) groups excluding carboxylic acids is 1. The van der Waals surface area contributed by atoms with Gasteiger partial charge in [0.2, 0.25) is 0 Å². The van der Waals surface area contributed by atoms with Crippen LogP contribution < -0.4 is 4.74 Å². The van der Waals surface area contributed by atoms with Crippen LogP contribution in [0, 0.1) is 11.6 Å². The minimum Gasteiger partial charge on any atom is -0.494 e. The van der Waals surface area contributed by atoms with Crippen molar-refractivity contribution in [3.8, 4) is 16.9 Å². The summed E-state index contributed by atoms with van der Waals surface area (Å²) in [5, 5.41) is 0. The molecule has 200 valence electrons. The minimum atomic E-state index is -4.80. The van der Waals surface area contributed by atoms with Crippen molar-refractivity contribution in [1.29, 1.82) is 0 Å². The molecule has 0 aliphatic heterocycles. The van der Waals surface area contributed by atoms with E-state index in [2.05, 4.69) is 11.7 Å². The summed E-state index contributed by atoms with van der Waals surface area (Å²) >= 11 is 0. The standard InChI is InChI=1S/C28H35F5O3/c1-3-5-7-9-10-12-24(28(31,32)33)36-27(34)23-18-17-22(25(29)26(23)30)20-13-15-21(16-14-20)35-19-11-8-6-4-2/h13-18,24H,3-12,19H2,1-2H3. The lowest BCUT2D eigenvalue weighted by atomic mass is 10.0. The quantitative estimate of drug-likeness (QED) is 0.135. The maximum absolute atomic E-state index is 14.8. The Kier molecular flexibility index (Phi) is 12.2. The highest BCUT2D eigenvalue weighted by Gasteiger charge is 2.42. The van der Waals surface area contributed by atoms with Gasteiger partial charge in [0.25, 0.3) is 0 Å². The fourth-order valence-corrected chi connectivity index (χ4v) is 3.80. The number of unbranched alkanes of at least 4 members (excludes halogenated alkanes) is 7. The number of halogens is 5. The average Bonchev–Trinajstić information content (AvgIpc) is 2.84. The van der Waals surface area contributed by atoms with E-state index >= 15 is 0 Å². The molecule has 0 aliphatic carbocycles. The van der Waals surface area contributed by atoms with E-state index in [-0.39, 0.29) is 12.0 Å². The Bertz CT molecular complexity index is 941. The lowest BCUT2D eigenvalue weighted by Crippen LogP contribution is -2.34. The molecule has 3 nitrogen and oxygen atoms in total. The van der Waals surface area contributed by atoms with Gasteiger partial charge in [0.05, 0.1) is 12.2 Å². The highest BCUT2D eigenvalue weighted by molar-refractivity contribution is 5.90. The van der Waals surface area contributed by atoms with Gasteiger partial charge in [-0.25, -0.2) is 13.6 Å². The molecule has 0 aliphatic rings. The highest BCUT2D eigenvalue weighted by Crippen LogP contribution is 2.31. The lowest BCUT2D eigenvalue weighted by Gasteiger charge is -2.21. The van der Waals surface area contributed by atoms with E-state index in [0.717, 1.165) is 57.1 Å². The number of hydrogen-bond donors (Lipinski definition) is 0. The molecule has 0 heterocycles. The van der Waals surface area contributed by atoms with Crippen LogP contribution in [0.4, 0.5) is 22.0 Å². The third kappa shape index (κ3) is 9.10. The van der Waals surface area contributed by atoms with E-state index in [9.17, 15) is 26.7 Å². The number of alkyl halides is 3. The molecule has 0 radical (unpaired) electrons. The second-order valence-electron chi connectivity index (χ2n) is 8.86. The molecule has 0 bridgehead atoms. The summed E-state index contributed by atoms with van der Waals surface area (Å²) in [6.45, 7) is 4.66. The molecule has 0 spiro atoms. The summed E-state index contributed by atoms with van der Waals surface area (Å²) in [6, 6.07) is 8.46. The van der Waals surface area contributed by atoms with Crippen molar-refractivity contribution in [3.05, 3.63) is 53.6 Å². The Morgan fingerprint density at radius 1 is 0.806 bits per heavy atom. The van der Waals surface area contributed by atoms with Crippen LogP contribution in [0.25, 0.3) is 11.1 Å². The molecule has 2 aromatic carbocycles. The monoisotopic (exact) mass is 514 g/mol. The average molecular weight is 515 g/mol.